The molecule has 0 unspecified atom stereocenters. The van der Waals surface area contributed by atoms with Crippen molar-refractivity contribution >= 4 is 11.8 Å². The van der Waals surface area contributed by atoms with Gasteiger partial charge in [0.15, 0.2) is 0 Å². The van der Waals surface area contributed by atoms with Crippen LogP contribution in [0, 0.1) is 0 Å². The van der Waals surface area contributed by atoms with E-state index in [2.05, 4.69) is 15.3 Å². The lowest BCUT2D eigenvalue weighted by molar-refractivity contribution is 0.0696. The molecular formula is C13H13N3O3. The maximum absolute atomic E-state index is 10.7. The van der Waals surface area contributed by atoms with Crippen LogP contribution in [0.25, 0.3) is 0 Å². The molecule has 0 aliphatic rings. The molecule has 0 radical (unpaired) electrons. The second-order valence-corrected chi connectivity index (χ2v) is 3.80. The van der Waals surface area contributed by atoms with E-state index in [0.717, 1.165) is 5.56 Å². The van der Waals surface area contributed by atoms with Crippen molar-refractivity contribution in [2.75, 3.05) is 12.4 Å². The number of methoxy groups -OCH3 is 1. The number of ether oxygens (including phenoxy) is 1. The van der Waals surface area contributed by atoms with E-state index >= 15 is 0 Å². The Kier molecular flexibility index (Phi) is 3.92. The quantitative estimate of drug-likeness (QED) is 0.851. The summed E-state index contributed by atoms with van der Waals surface area (Å²) in [7, 11) is 1.56. The van der Waals surface area contributed by atoms with Crippen LogP contribution in [0.5, 0.6) is 5.88 Å². The second-order valence-electron chi connectivity index (χ2n) is 3.80. The van der Waals surface area contributed by atoms with Gasteiger partial charge in [0.2, 0.25) is 5.88 Å². The first-order chi connectivity index (χ1) is 9.19. The van der Waals surface area contributed by atoms with Crippen LogP contribution in [0.2, 0.25) is 0 Å². The number of carboxylic acid groups (broad SMARTS) is 1. The number of hydrogen-bond donors (Lipinski definition) is 2. The summed E-state index contributed by atoms with van der Waals surface area (Å²) in [5.74, 6) is 0.187. The average molecular weight is 259 g/mol. The minimum Gasteiger partial charge on any atom is -0.481 e. The van der Waals surface area contributed by atoms with Gasteiger partial charge in [-0.3, -0.25) is 0 Å². The molecule has 0 atom stereocenters. The Morgan fingerprint density at radius 2 is 2.11 bits per heavy atom. The maximum atomic E-state index is 10.7. The lowest BCUT2D eigenvalue weighted by atomic mass is 10.2. The molecule has 0 amide bonds. The van der Waals surface area contributed by atoms with Crippen LogP contribution in [0.3, 0.4) is 0 Å². The molecular weight excluding hydrogens is 246 g/mol. The number of pyridine rings is 2. The van der Waals surface area contributed by atoms with Crippen molar-refractivity contribution in [3.8, 4) is 5.88 Å². The SMILES string of the molecule is COc1ccc(CNc2ccc(C(=O)O)cn2)cn1. The first kappa shape index (κ1) is 12.8. The molecule has 0 aliphatic carbocycles. The van der Waals surface area contributed by atoms with Gasteiger partial charge in [-0.15, -0.1) is 0 Å². The van der Waals surface area contributed by atoms with E-state index in [4.69, 9.17) is 9.84 Å². The van der Waals surface area contributed by atoms with E-state index in [0.29, 0.717) is 18.2 Å². The van der Waals surface area contributed by atoms with Crippen molar-refractivity contribution in [1.82, 2.24) is 9.97 Å². The Balaban J connectivity index is 1.95. The molecule has 0 fully saturated rings. The minimum absolute atomic E-state index is 0.164. The number of nitrogens with one attached hydrogen (secondary N) is 1. The summed E-state index contributed by atoms with van der Waals surface area (Å²) >= 11 is 0. The molecule has 0 aromatic carbocycles. The number of aromatic carboxylic acids is 1. The largest absolute Gasteiger partial charge is 0.481 e. The van der Waals surface area contributed by atoms with Gasteiger partial charge < -0.3 is 15.2 Å². The third-order valence-electron chi connectivity index (χ3n) is 2.49. The van der Waals surface area contributed by atoms with Gasteiger partial charge in [0.1, 0.15) is 5.82 Å². The zero-order chi connectivity index (χ0) is 13.7. The van der Waals surface area contributed by atoms with Gasteiger partial charge in [-0.05, 0) is 17.7 Å². The number of rotatable bonds is 5. The van der Waals surface area contributed by atoms with Crippen LogP contribution in [-0.4, -0.2) is 28.2 Å². The van der Waals surface area contributed by atoms with Crippen LogP contribution < -0.4 is 10.1 Å². The highest BCUT2D eigenvalue weighted by Gasteiger charge is 2.02. The van der Waals surface area contributed by atoms with Gasteiger partial charge in [-0.25, -0.2) is 14.8 Å². The van der Waals surface area contributed by atoms with Crippen LogP contribution >= 0.6 is 0 Å². The summed E-state index contributed by atoms with van der Waals surface area (Å²) in [6.45, 7) is 0.552. The summed E-state index contributed by atoms with van der Waals surface area (Å²) < 4.78 is 4.97. The van der Waals surface area contributed by atoms with Crippen molar-refractivity contribution in [2.45, 2.75) is 6.54 Å². The summed E-state index contributed by atoms with van der Waals surface area (Å²) in [4.78, 5) is 18.8. The van der Waals surface area contributed by atoms with E-state index in [1.807, 2.05) is 6.07 Å². The number of aromatic nitrogens is 2. The number of anilines is 1. The van der Waals surface area contributed by atoms with Gasteiger partial charge in [0.05, 0.1) is 12.7 Å². The van der Waals surface area contributed by atoms with Crippen molar-refractivity contribution in [3.05, 3.63) is 47.8 Å². The second kappa shape index (κ2) is 5.81. The summed E-state index contributed by atoms with van der Waals surface area (Å²) in [5, 5.41) is 11.8. The lowest BCUT2D eigenvalue weighted by Gasteiger charge is -2.06. The van der Waals surface area contributed by atoms with Gasteiger partial charge in [-0.2, -0.15) is 0 Å². The molecule has 19 heavy (non-hydrogen) atoms. The van der Waals surface area contributed by atoms with Crippen LogP contribution in [0.15, 0.2) is 36.7 Å². The molecule has 0 bridgehead atoms. The fourth-order valence-corrected chi connectivity index (χ4v) is 1.45. The van der Waals surface area contributed by atoms with Crippen molar-refractivity contribution in [3.63, 3.8) is 0 Å². The van der Waals surface area contributed by atoms with Crippen LogP contribution in [-0.2, 0) is 6.54 Å². The molecule has 0 aliphatic heterocycles. The highest BCUT2D eigenvalue weighted by atomic mass is 16.5. The highest BCUT2D eigenvalue weighted by Crippen LogP contribution is 2.10. The van der Waals surface area contributed by atoms with E-state index < -0.39 is 5.97 Å². The van der Waals surface area contributed by atoms with E-state index in [1.54, 1.807) is 25.4 Å². The summed E-state index contributed by atoms with van der Waals surface area (Å²) in [6, 6.07) is 6.80. The number of carbonyl (C=O) groups is 1. The number of nitrogens with zero attached hydrogens (tertiary/aromatic N) is 2. The zero-order valence-electron chi connectivity index (χ0n) is 10.3. The van der Waals surface area contributed by atoms with Gasteiger partial charge in [-0.1, -0.05) is 6.07 Å². The molecule has 6 nitrogen and oxygen atoms in total. The Labute approximate surface area is 110 Å². The smallest absolute Gasteiger partial charge is 0.337 e. The fraction of sp³-hybridized carbons (Fsp3) is 0.154. The normalized spacial score (nSPS) is 9.95. The molecule has 6 heteroatoms. The third kappa shape index (κ3) is 3.41. The van der Waals surface area contributed by atoms with Crippen LogP contribution in [0.1, 0.15) is 15.9 Å². The Morgan fingerprint density at radius 1 is 1.26 bits per heavy atom. The molecule has 2 N–H and O–H groups in total. The van der Waals surface area contributed by atoms with Crippen molar-refractivity contribution in [2.24, 2.45) is 0 Å². The topological polar surface area (TPSA) is 84.3 Å². The molecule has 2 aromatic heterocycles. The van der Waals surface area contributed by atoms with E-state index in [-0.39, 0.29) is 5.56 Å². The summed E-state index contributed by atoms with van der Waals surface area (Å²) in [5.41, 5.74) is 1.14. The molecule has 0 saturated heterocycles. The highest BCUT2D eigenvalue weighted by molar-refractivity contribution is 5.87. The minimum atomic E-state index is -0.988. The predicted octanol–water partition coefficient (Wildman–Crippen LogP) is 1.80. The van der Waals surface area contributed by atoms with Gasteiger partial charge >= 0.3 is 5.97 Å². The Hall–Kier alpha value is -2.63. The fourth-order valence-electron chi connectivity index (χ4n) is 1.45. The zero-order valence-corrected chi connectivity index (χ0v) is 10.3. The number of carboxylic acids is 1. The first-order valence-corrected chi connectivity index (χ1v) is 5.61. The molecule has 0 saturated carbocycles. The standard InChI is InChI=1S/C13H13N3O3/c1-19-12-5-2-9(7-16-12)6-14-11-4-3-10(8-15-11)13(17)18/h2-5,7-8H,6H2,1H3,(H,14,15)(H,17,18). The lowest BCUT2D eigenvalue weighted by Crippen LogP contribution is -2.03. The van der Waals surface area contributed by atoms with Crippen molar-refractivity contribution < 1.29 is 14.6 Å². The van der Waals surface area contributed by atoms with Gasteiger partial charge in [0.25, 0.3) is 0 Å². The molecule has 2 heterocycles. The maximum Gasteiger partial charge on any atom is 0.337 e. The van der Waals surface area contributed by atoms with Crippen LogP contribution in [0.4, 0.5) is 5.82 Å². The van der Waals surface area contributed by atoms with Gasteiger partial charge in [0, 0.05) is 25.0 Å². The predicted molar refractivity (Wildman–Crippen MR) is 69.3 cm³/mol. The number of hydrogen-bond acceptors (Lipinski definition) is 5. The van der Waals surface area contributed by atoms with E-state index in [1.165, 1.54) is 12.3 Å². The molecule has 98 valence electrons. The van der Waals surface area contributed by atoms with Crippen molar-refractivity contribution in [1.29, 1.82) is 0 Å². The molecule has 2 aromatic rings. The third-order valence-corrected chi connectivity index (χ3v) is 2.49. The molecule has 0 spiro atoms. The Bertz CT molecular complexity index is 552. The van der Waals surface area contributed by atoms with E-state index in [9.17, 15) is 4.79 Å². The Morgan fingerprint density at radius 3 is 2.63 bits per heavy atom. The average Bonchev–Trinajstić information content (AvgIpc) is 2.46. The first-order valence-electron chi connectivity index (χ1n) is 5.61. The monoisotopic (exact) mass is 259 g/mol. The molecule has 2 rings (SSSR count). The summed E-state index contributed by atoms with van der Waals surface area (Å²) in [6.07, 6.45) is 3.02.